The van der Waals surface area contributed by atoms with Gasteiger partial charge in [0.1, 0.15) is 0 Å². The molecule has 146 valence electrons. The van der Waals surface area contributed by atoms with E-state index in [9.17, 15) is 19.8 Å². The number of hydrogen-bond donors (Lipinski definition) is 3. The fourth-order valence-corrected chi connectivity index (χ4v) is 5.62. The molecule has 0 bridgehead atoms. The number of carboxylic acid groups (broad SMARTS) is 2. The van der Waals surface area contributed by atoms with Gasteiger partial charge in [0.2, 0.25) is 0 Å². The molecule has 8 heteroatoms. The first-order valence-electron chi connectivity index (χ1n) is 9.00. The second kappa shape index (κ2) is 7.03. The first kappa shape index (κ1) is 18.6. The number of nitrogens with one attached hydrogen (secondary N) is 1. The van der Waals surface area contributed by atoms with Crippen molar-refractivity contribution in [2.75, 3.05) is 22.1 Å². The normalized spacial score (nSPS) is 26.8. The largest absolute Gasteiger partial charge is 0.465 e. The summed E-state index contributed by atoms with van der Waals surface area (Å²) in [5.41, 5.74) is 0.441. The minimum absolute atomic E-state index is 0.260. The number of thioether (sulfide) groups is 1. The maximum atomic E-state index is 12.5. The Morgan fingerprint density at radius 1 is 1.04 bits per heavy atom. The average molecular weight is 399 g/mol. The van der Waals surface area contributed by atoms with Gasteiger partial charge in [-0.1, -0.05) is 42.5 Å². The van der Waals surface area contributed by atoms with Crippen LogP contribution in [0.1, 0.15) is 18.5 Å². The maximum Gasteiger partial charge on any atom is 0.412 e. The van der Waals surface area contributed by atoms with Crippen molar-refractivity contribution < 1.29 is 19.8 Å². The maximum absolute atomic E-state index is 12.5. The number of para-hydroxylation sites is 2. The lowest BCUT2D eigenvalue weighted by Gasteiger charge is -2.55. The molecular formula is C20H21N3O4S. The monoisotopic (exact) mass is 399 g/mol. The van der Waals surface area contributed by atoms with Gasteiger partial charge in [-0.05, 0) is 24.6 Å². The van der Waals surface area contributed by atoms with E-state index in [0.29, 0.717) is 11.4 Å². The highest BCUT2D eigenvalue weighted by Crippen LogP contribution is 2.53. The van der Waals surface area contributed by atoms with Crippen LogP contribution in [0.5, 0.6) is 0 Å². The van der Waals surface area contributed by atoms with Crippen molar-refractivity contribution in [1.29, 1.82) is 0 Å². The van der Waals surface area contributed by atoms with Crippen molar-refractivity contribution in [2.45, 2.75) is 23.9 Å². The summed E-state index contributed by atoms with van der Waals surface area (Å²) in [7, 11) is 0. The molecule has 1 saturated heterocycles. The number of amides is 2. The van der Waals surface area contributed by atoms with E-state index in [1.807, 2.05) is 37.3 Å². The van der Waals surface area contributed by atoms with Crippen molar-refractivity contribution in [3.8, 4) is 0 Å². The number of carbonyl (C=O) groups is 2. The van der Waals surface area contributed by atoms with Crippen molar-refractivity contribution in [3.63, 3.8) is 0 Å². The molecule has 2 aliphatic rings. The van der Waals surface area contributed by atoms with E-state index in [1.54, 1.807) is 36.0 Å². The van der Waals surface area contributed by atoms with Gasteiger partial charge >= 0.3 is 12.2 Å². The fourth-order valence-electron chi connectivity index (χ4n) is 4.35. The van der Waals surface area contributed by atoms with E-state index in [1.165, 1.54) is 9.80 Å². The zero-order valence-corrected chi connectivity index (χ0v) is 16.1. The van der Waals surface area contributed by atoms with Gasteiger partial charge in [-0.25, -0.2) is 9.59 Å². The summed E-state index contributed by atoms with van der Waals surface area (Å²) in [6.45, 7) is 2.58. The van der Waals surface area contributed by atoms with Crippen LogP contribution in [0.25, 0.3) is 0 Å². The van der Waals surface area contributed by atoms with E-state index in [0.717, 1.165) is 17.9 Å². The third kappa shape index (κ3) is 2.71. The van der Waals surface area contributed by atoms with Gasteiger partial charge < -0.3 is 15.5 Å². The Morgan fingerprint density at radius 3 is 2.25 bits per heavy atom. The van der Waals surface area contributed by atoms with E-state index < -0.39 is 23.8 Å². The highest BCUT2D eigenvalue weighted by molar-refractivity contribution is 8.00. The minimum Gasteiger partial charge on any atom is -0.465 e. The first-order chi connectivity index (χ1) is 13.5. The molecule has 0 radical (unpaired) electrons. The lowest BCUT2D eigenvalue weighted by atomic mass is 9.80. The fraction of sp³-hybridized carbons (Fsp3) is 0.300. The molecule has 2 amide bonds. The Hall–Kier alpha value is -2.71. The molecule has 0 aromatic heterocycles. The van der Waals surface area contributed by atoms with Gasteiger partial charge in [-0.2, -0.15) is 0 Å². The summed E-state index contributed by atoms with van der Waals surface area (Å²) < 4.78 is 0. The Balaban J connectivity index is 2.03. The lowest BCUT2D eigenvalue weighted by Crippen LogP contribution is -2.68. The van der Waals surface area contributed by atoms with Crippen LogP contribution in [0.2, 0.25) is 0 Å². The Bertz CT molecular complexity index is 903. The molecule has 2 aromatic carbocycles. The number of fused-ring (bicyclic) bond motifs is 1. The number of anilines is 2. The van der Waals surface area contributed by atoms with Crippen LogP contribution >= 0.6 is 11.8 Å². The topological polar surface area (TPSA) is 93.1 Å². The van der Waals surface area contributed by atoms with Crippen LogP contribution in [0, 0.1) is 0 Å². The van der Waals surface area contributed by atoms with Crippen LogP contribution in [0.4, 0.5) is 21.0 Å². The summed E-state index contributed by atoms with van der Waals surface area (Å²) in [5, 5.41) is 23.5. The predicted molar refractivity (Wildman–Crippen MR) is 109 cm³/mol. The average Bonchev–Trinajstić information content (AvgIpc) is 3.22. The van der Waals surface area contributed by atoms with Crippen molar-refractivity contribution in [3.05, 3.63) is 60.2 Å². The van der Waals surface area contributed by atoms with Crippen molar-refractivity contribution >= 4 is 35.3 Å². The first-order valence-corrected chi connectivity index (χ1v) is 10.1. The molecule has 2 aliphatic heterocycles. The van der Waals surface area contributed by atoms with Gasteiger partial charge in [-0.3, -0.25) is 9.80 Å². The molecule has 3 atom stereocenters. The summed E-state index contributed by atoms with van der Waals surface area (Å²) in [4.78, 5) is 27.5. The quantitative estimate of drug-likeness (QED) is 0.711. The second-order valence-corrected chi connectivity index (χ2v) is 8.22. The van der Waals surface area contributed by atoms with Crippen LogP contribution in [0.15, 0.2) is 54.6 Å². The van der Waals surface area contributed by atoms with E-state index in [2.05, 4.69) is 5.32 Å². The van der Waals surface area contributed by atoms with Crippen LogP contribution < -0.4 is 15.1 Å². The molecule has 1 fully saturated rings. The van der Waals surface area contributed by atoms with Gasteiger partial charge in [0.25, 0.3) is 0 Å². The molecule has 2 heterocycles. The third-order valence-corrected chi connectivity index (χ3v) is 6.85. The molecule has 0 aliphatic carbocycles. The van der Waals surface area contributed by atoms with Gasteiger partial charge in [0.15, 0.2) is 0 Å². The summed E-state index contributed by atoms with van der Waals surface area (Å²) in [5.74, 6) is 0.837. The van der Waals surface area contributed by atoms with E-state index in [-0.39, 0.29) is 5.37 Å². The van der Waals surface area contributed by atoms with Gasteiger partial charge in [-0.15, -0.1) is 11.8 Å². The highest BCUT2D eigenvalue weighted by atomic mass is 32.2. The zero-order valence-electron chi connectivity index (χ0n) is 15.3. The molecule has 4 rings (SSSR count). The Morgan fingerprint density at radius 2 is 1.68 bits per heavy atom. The number of nitrogens with zero attached hydrogens (tertiary/aromatic N) is 2. The third-order valence-electron chi connectivity index (χ3n) is 5.44. The Kier molecular flexibility index (Phi) is 4.68. The Labute approximate surface area is 167 Å². The standard InChI is InChI=1S/C20H21N3O4S/c1-20(17-21-11-12-28-17)16(13-7-3-2-4-8-13)22(18(24)25)14-9-5-6-10-15(14)23(20)19(26)27/h2-10,16-17,21H,11-12H2,1H3,(H,24,25)(H,26,27). The summed E-state index contributed by atoms with van der Waals surface area (Å²) >= 11 is 1.62. The van der Waals surface area contributed by atoms with Crippen LogP contribution in [-0.4, -0.2) is 45.6 Å². The van der Waals surface area contributed by atoms with E-state index >= 15 is 0 Å². The van der Waals surface area contributed by atoms with Crippen molar-refractivity contribution in [2.24, 2.45) is 0 Å². The summed E-state index contributed by atoms with van der Waals surface area (Å²) in [6.07, 6.45) is -2.21. The molecule has 7 nitrogen and oxygen atoms in total. The molecule has 2 aromatic rings. The van der Waals surface area contributed by atoms with Crippen LogP contribution in [-0.2, 0) is 0 Å². The van der Waals surface area contributed by atoms with Crippen LogP contribution in [0.3, 0.4) is 0 Å². The highest BCUT2D eigenvalue weighted by Gasteiger charge is 2.58. The zero-order chi connectivity index (χ0) is 19.9. The molecule has 28 heavy (non-hydrogen) atoms. The molecule has 0 spiro atoms. The molecule has 0 saturated carbocycles. The SMILES string of the molecule is CC1(C2NCCS2)C(c2ccccc2)N(C(=O)O)c2ccccc2N1C(=O)O. The molecule has 3 N–H and O–H groups in total. The van der Waals surface area contributed by atoms with Gasteiger partial charge in [0.05, 0.1) is 28.3 Å². The lowest BCUT2D eigenvalue weighted by molar-refractivity contribution is 0.174. The second-order valence-electron chi connectivity index (χ2n) is 7.00. The number of hydrogen-bond acceptors (Lipinski definition) is 4. The molecule has 3 unspecified atom stereocenters. The summed E-state index contributed by atoms with van der Waals surface area (Å²) in [6, 6.07) is 15.3. The number of rotatable bonds is 2. The molecular weight excluding hydrogens is 378 g/mol. The van der Waals surface area contributed by atoms with E-state index in [4.69, 9.17) is 0 Å². The van der Waals surface area contributed by atoms with Gasteiger partial charge in [0, 0.05) is 12.3 Å². The van der Waals surface area contributed by atoms with Crippen molar-refractivity contribution in [1.82, 2.24) is 5.32 Å². The number of benzene rings is 2. The predicted octanol–water partition coefficient (Wildman–Crippen LogP) is 3.83. The smallest absolute Gasteiger partial charge is 0.412 e. The minimum atomic E-state index is -1.11.